The predicted molar refractivity (Wildman–Crippen MR) is 108 cm³/mol. The maximum atomic E-state index is 10.6. The summed E-state index contributed by atoms with van der Waals surface area (Å²) < 4.78 is 11.2. The summed E-state index contributed by atoms with van der Waals surface area (Å²) in [7, 11) is 0. The molecule has 4 rings (SSSR count). The second kappa shape index (κ2) is 8.65. The number of H-pyrrole nitrogens is 1. The van der Waals surface area contributed by atoms with E-state index in [9.17, 15) is 5.11 Å². The molecule has 2 aromatic carbocycles. The van der Waals surface area contributed by atoms with Crippen LogP contribution in [0.5, 0.6) is 11.5 Å². The van der Waals surface area contributed by atoms with Crippen molar-refractivity contribution < 1.29 is 19.5 Å². The minimum Gasteiger partial charge on any atom is -0.507 e. The number of halogens is 1. The van der Waals surface area contributed by atoms with E-state index in [1.165, 1.54) is 4.90 Å². The van der Waals surface area contributed by atoms with Gasteiger partial charge in [0.2, 0.25) is 0 Å². The fourth-order valence-corrected chi connectivity index (χ4v) is 3.50. The van der Waals surface area contributed by atoms with Gasteiger partial charge in [0, 0.05) is 22.2 Å². The van der Waals surface area contributed by atoms with Crippen LogP contribution in [0.1, 0.15) is 0 Å². The van der Waals surface area contributed by atoms with Crippen LogP contribution in [-0.4, -0.2) is 54.8 Å². The van der Waals surface area contributed by atoms with Gasteiger partial charge in [0.15, 0.2) is 0 Å². The van der Waals surface area contributed by atoms with Crippen molar-refractivity contribution in [2.45, 2.75) is 0 Å². The molecule has 0 radical (unpaired) electrons. The first-order valence-corrected chi connectivity index (χ1v) is 9.75. The van der Waals surface area contributed by atoms with Gasteiger partial charge < -0.3 is 19.5 Å². The van der Waals surface area contributed by atoms with Gasteiger partial charge in [-0.2, -0.15) is 5.10 Å². The molecule has 1 aromatic heterocycles. The van der Waals surface area contributed by atoms with Crippen molar-refractivity contribution in [3.05, 3.63) is 53.7 Å². The average Bonchev–Trinajstić information content (AvgIpc) is 3.19. The second-order valence-electron chi connectivity index (χ2n) is 6.81. The zero-order chi connectivity index (χ0) is 19.3. The van der Waals surface area contributed by atoms with Crippen LogP contribution in [0.25, 0.3) is 22.4 Å². The lowest BCUT2D eigenvalue weighted by atomic mass is 10.0. The number of ether oxygens (including phenoxy) is 2. The van der Waals surface area contributed by atoms with Crippen molar-refractivity contribution in [1.82, 2.24) is 10.2 Å². The molecule has 0 bridgehead atoms. The van der Waals surface area contributed by atoms with E-state index in [4.69, 9.17) is 21.1 Å². The maximum Gasteiger partial charge on any atom is 0.137 e. The lowest BCUT2D eigenvalue weighted by molar-refractivity contribution is -0.908. The van der Waals surface area contributed by atoms with Crippen molar-refractivity contribution in [2.24, 2.45) is 0 Å². The van der Waals surface area contributed by atoms with Crippen molar-refractivity contribution in [1.29, 1.82) is 0 Å². The number of hydrogen-bond donors (Lipinski definition) is 3. The molecule has 2 heterocycles. The molecule has 1 aliphatic rings. The molecule has 146 valence electrons. The largest absolute Gasteiger partial charge is 0.507 e. The van der Waals surface area contributed by atoms with Crippen LogP contribution >= 0.6 is 11.6 Å². The van der Waals surface area contributed by atoms with E-state index >= 15 is 0 Å². The molecule has 6 nitrogen and oxygen atoms in total. The molecule has 0 atom stereocenters. The van der Waals surface area contributed by atoms with E-state index in [1.807, 2.05) is 36.4 Å². The van der Waals surface area contributed by atoms with Crippen molar-refractivity contribution >= 4 is 11.6 Å². The molecule has 28 heavy (non-hydrogen) atoms. The zero-order valence-corrected chi connectivity index (χ0v) is 16.2. The van der Waals surface area contributed by atoms with E-state index in [-0.39, 0.29) is 5.75 Å². The summed E-state index contributed by atoms with van der Waals surface area (Å²) in [5.41, 5.74) is 3.30. The molecular weight excluding hydrogens is 378 g/mol. The summed E-state index contributed by atoms with van der Waals surface area (Å²) >= 11 is 5.98. The fraction of sp³-hybridized carbons (Fsp3) is 0.286. The summed E-state index contributed by atoms with van der Waals surface area (Å²) in [5.74, 6) is 0.803. The predicted octanol–water partition coefficient (Wildman–Crippen LogP) is 2.40. The number of quaternary nitrogens is 1. The summed E-state index contributed by atoms with van der Waals surface area (Å²) in [4.78, 5) is 1.48. The molecule has 0 spiro atoms. The topological polar surface area (TPSA) is 71.8 Å². The highest BCUT2D eigenvalue weighted by atomic mass is 35.5. The highest BCUT2D eigenvalue weighted by Crippen LogP contribution is 2.37. The summed E-state index contributed by atoms with van der Waals surface area (Å²) in [5, 5.41) is 18.4. The van der Waals surface area contributed by atoms with Gasteiger partial charge in [-0.25, -0.2) is 0 Å². The van der Waals surface area contributed by atoms with Gasteiger partial charge in [-0.1, -0.05) is 23.7 Å². The van der Waals surface area contributed by atoms with E-state index in [1.54, 1.807) is 12.3 Å². The first kappa shape index (κ1) is 18.8. The highest BCUT2D eigenvalue weighted by molar-refractivity contribution is 6.30. The Morgan fingerprint density at radius 2 is 1.89 bits per heavy atom. The minimum atomic E-state index is 0.149. The van der Waals surface area contributed by atoms with Gasteiger partial charge in [0.1, 0.15) is 37.7 Å². The van der Waals surface area contributed by atoms with E-state index in [2.05, 4.69) is 10.2 Å². The third kappa shape index (κ3) is 4.30. The van der Waals surface area contributed by atoms with Gasteiger partial charge in [-0.15, -0.1) is 0 Å². The number of aromatic amines is 1. The Bertz CT molecular complexity index is 921. The van der Waals surface area contributed by atoms with Gasteiger partial charge in [-0.3, -0.25) is 5.10 Å². The molecule has 1 fully saturated rings. The molecule has 0 amide bonds. The van der Waals surface area contributed by atoms with Crippen molar-refractivity contribution in [2.75, 3.05) is 39.5 Å². The summed E-state index contributed by atoms with van der Waals surface area (Å²) in [6.07, 6.45) is 1.74. The second-order valence-corrected chi connectivity index (χ2v) is 7.24. The van der Waals surface area contributed by atoms with E-state index < -0.39 is 0 Å². The number of hydrogen-bond acceptors (Lipinski definition) is 4. The van der Waals surface area contributed by atoms with Gasteiger partial charge in [0.05, 0.1) is 25.1 Å². The Balaban J connectivity index is 1.46. The first-order valence-electron chi connectivity index (χ1n) is 9.37. The molecule has 1 aliphatic heterocycles. The molecule has 0 aliphatic carbocycles. The summed E-state index contributed by atoms with van der Waals surface area (Å²) in [6.45, 7) is 5.18. The smallest absolute Gasteiger partial charge is 0.137 e. The molecular formula is C21H23ClN3O3+. The molecule has 7 heteroatoms. The minimum absolute atomic E-state index is 0.149. The quantitative estimate of drug-likeness (QED) is 0.594. The number of phenols is 1. The fourth-order valence-electron chi connectivity index (χ4n) is 3.38. The Morgan fingerprint density at radius 1 is 1.11 bits per heavy atom. The Kier molecular flexibility index (Phi) is 5.81. The molecule has 1 saturated heterocycles. The average molecular weight is 401 g/mol. The number of benzene rings is 2. The Hall–Kier alpha value is -2.54. The van der Waals surface area contributed by atoms with Gasteiger partial charge in [-0.05, 0) is 29.8 Å². The Labute approximate surface area is 168 Å². The van der Waals surface area contributed by atoms with Crippen molar-refractivity contribution in [3.8, 4) is 33.9 Å². The van der Waals surface area contributed by atoms with Crippen LogP contribution < -0.4 is 9.64 Å². The van der Waals surface area contributed by atoms with Crippen LogP contribution in [0.3, 0.4) is 0 Å². The molecule has 0 saturated carbocycles. The SMILES string of the molecule is Oc1cc(OCC[NH+]2CCOCC2)ccc1-c1[nH]ncc1-c1ccc(Cl)cc1. The molecule has 3 N–H and O–H groups in total. The number of nitrogens with zero attached hydrogens (tertiary/aromatic N) is 1. The van der Waals surface area contributed by atoms with Gasteiger partial charge in [0.25, 0.3) is 0 Å². The third-order valence-corrected chi connectivity index (χ3v) is 5.21. The zero-order valence-electron chi connectivity index (χ0n) is 15.5. The van der Waals surface area contributed by atoms with Crippen LogP contribution in [0, 0.1) is 0 Å². The monoisotopic (exact) mass is 400 g/mol. The normalized spacial score (nSPS) is 14.9. The van der Waals surface area contributed by atoms with Crippen LogP contribution in [0.4, 0.5) is 0 Å². The number of rotatable bonds is 6. The number of morpholine rings is 1. The maximum absolute atomic E-state index is 10.6. The highest BCUT2D eigenvalue weighted by Gasteiger charge is 2.16. The number of nitrogens with one attached hydrogen (secondary N) is 2. The van der Waals surface area contributed by atoms with E-state index in [0.29, 0.717) is 22.9 Å². The lowest BCUT2D eigenvalue weighted by Gasteiger charge is -2.23. The third-order valence-electron chi connectivity index (χ3n) is 4.96. The van der Waals surface area contributed by atoms with Gasteiger partial charge >= 0.3 is 0 Å². The standard InChI is InChI=1S/C21H22ClN3O3/c22-16-3-1-15(2-4-16)19-14-23-24-21(19)18-6-5-17(13-20(18)26)28-12-9-25-7-10-27-11-8-25/h1-6,13-14,26H,7-12H2,(H,23,24)/p+1. The van der Waals surface area contributed by atoms with Crippen LogP contribution in [0.2, 0.25) is 5.02 Å². The number of phenolic OH excluding ortho intramolecular Hbond substituents is 1. The van der Waals surface area contributed by atoms with E-state index in [0.717, 1.165) is 49.7 Å². The number of aromatic hydroxyl groups is 1. The van der Waals surface area contributed by atoms with Crippen LogP contribution in [-0.2, 0) is 4.74 Å². The molecule has 3 aromatic rings. The van der Waals surface area contributed by atoms with Crippen molar-refractivity contribution in [3.63, 3.8) is 0 Å². The summed E-state index contributed by atoms with van der Waals surface area (Å²) in [6, 6.07) is 12.9. The Morgan fingerprint density at radius 3 is 2.64 bits per heavy atom. The van der Waals surface area contributed by atoms with Crippen LogP contribution in [0.15, 0.2) is 48.7 Å². The molecule has 0 unspecified atom stereocenters. The first-order chi connectivity index (χ1) is 13.7. The lowest BCUT2D eigenvalue weighted by Crippen LogP contribution is -3.14. The number of aromatic nitrogens is 2.